The Hall–Kier alpha value is -1.06. The van der Waals surface area contributed by atoms with Gasteiger partial charge >= 0.3 is 11.8 Å². The van der Waals surface area contributed by atoms with E-state index < -0.39 is 11.8 Å². The first-order chi connectivity index (χ1) is 8.84. The molecule has 0 aromatic heterocycles. The molecule has 0 radical (unpaired) electrons. The lowest BCUT2D eigenvalue weighted by atomic mass is 9.71. The molecule has 0 saturated heterocycles. The summed E-state index contributed by atoms with van der Waals surface area (Å²) in [6, 6.07) is 0.165. The second-order valence-corrected chi connectivity index (χ2v) is 6.64. The summed E-state index contributed by atoms with van der Waals surface area (Å²) < 4.78 is 0. The molecule has 1 rings (SSSR count). The van der Waals surface area contributed by atoms with Crippen molar-refractivity contribution >= 4 is 11.8 Å². The second kappa shape index (κ2) is 6.92. The van der Waals surface area contributed by atoms with Crippen molar-refractivity contribution in [2.24, 2.45) is 11.3 Å². The second-order valence-electron chi connectivity index (χ2n) is 6.64. The fraction of sp³-hybridized carbons (Fsp3) is 0.867. The molecule has 110 valence electrons. The van der Waals surface area contributed by atoms with Crippen LogP contribution in [0.4, 0.5) is 0 Å². The highest BCUT2D eigenvalue weighted by atomic mass is 16.2. The number of hydrogen-bond donors (Lipinski definition) is 2. The van der Waals surface area contributed by atoms with Crippen LogP contribution in [0.3, 0.4) is 0 Å². The van der Waals surface area contributed by atoms with Gasteiger partial charge in [-0.15, -0.1) is 0 Å². The zero-order valence-electron chi connectivity index (χ0n) is 12.7. The third kappa shape index (κ3) is 5.21. The molecular formula is C15H28N2O2. The van der Waals surface area contributed by atoms with Gasteiger partial charge in [0.25, 0.3) is 0 Å². The maximum absolute atomic E-state index is 11.7. The lowest BCUT2D eigenvalue weighted by Crippen LogP contribution is -2.46. The lowest BCUT2D eigenvalue weighted by Gasteiger charge is -2.37. The maximum Gasteiger partial charge on any atom is 0.309 e. The number of amides is 2. The molecule has 0 bridgehead atoms. The molecule has 0 spiro atoms. The van der Waals surface area contributed by atoms with E-state index in [1.54, 1.807) is 0 Å². The van der Waals surface area contributed by atoms with Crippen molar-refractivity contribution in [3.8, 4) is 0 Å². The summed E-state index contributed by atoms with van der Waals surface area (Å²) >= 11 is 0. The molecule has 0 heterocycles. The topological polar surface area (TPSA) is 58.2 Å². The van der Waals surface area contributed by atoms with Crippen LogP contribution in [0, 0.1) is 11.3 Å². The summed E-state index contributed by atoms with van der Waals surface area (Å²) in [6.07, 6.45) is 5.06. The van der Waals surface area contributed by atoms with Crippen LogP contribution in [0.15, 0.2) is 0 Å². The van der Waals surface area contributed by atoms with E-state index in [2.05, 4.69) is 31.4 Å². The number of rotatable bonds is 3. The zero-order valence-corrected chi connectivity index (χ0v) is 12.7. The van der Waals surface area contributed by atoms with Crippen LogP contribution in [0.2, 0.25) is 0 Å². The predicted molar refractivity (Wildman–Crippen MR) is 76.6 cm³/mol. The monoisotopic (exact) mass is 268 g/mol. The van der Waals surface area contributed by atoms with Crippen molar-refractivity contribution in [3.05, 3.63) is 0 Å². The molecule has 2 N–H and O–H groups in total. The zero-order chi connectivity index (χ0) is 14.5. The maximum atomic E-state index is 11.7. The minimum absolute atomic E-state index is 0.165. The number of nitrogens with one attached hydrogen (secondary N) is 2. The Labute approximate surface area is 116 Å². The molecule has 1 saturated carbocycles. The lowest BCUT2D eigenvalue weighted by molar-refractivity contribution is -0.139. The predicted octanol–water partition coefficient (Wildman–Crippen LogP) is 2.23. The molecule has 2 amide bonds. The average Bonchev–Trinajstić information content (AvgIpc) is 2.35. The summed E-state index contributed by atoms with van der Waals surface area (Å²) in [4.78, 5) is 23.1. The number of carbonyl (C=O) groups excluding carboxylic acids is 2. The average molecular weight is 268 g/mol. The number of hydrogen-bond acceptors (Lipinski definition) is 2. The van der Waals surface area contributed by atoms with E-state index in [0.717, 1.165) is 38.0 Å². The van der Waals surface area contributed by atoms with Crippen LogP contribution in [0.25, 0.3) is 0 Å². The molecule has 4 nitrogen and oxygen atoms in total. The molecule has 0 aliphatic heterocycles. The van der Waals surface area contributed by atoms with Gasteiger partial charge in [-0.3, -0.25) is 9.59 Å². The van der Waals surface area contributed by atoms with E-state index in [9.17, 15) is 9.59 Å². The fourth-order valence-electron chi connectivity index (χ4n) is 2.67. The van der Waals surface area contributed by atoms with Crippen molar-refractivity contribution in [2.45, 2.75) is 65.8 Å². The van der Waals surface area contributed by atoms with Gasteiger partial charge < -0.3 is 10.6 Å². The first-order valence-corrected chi connectivity index (χ1v) is 7.43. The standard InChI is InChI=1S/C15H28N2O2/c1-5-10-16-13(18)14(19)17-12-8-6-11(7-9-12)15(2,3)4/h11-12H,5-10H2,1-4H3,(H,16,18)(H,17,19). The highest BCUT2D eigenvalue weighted by Gasteiger charge is 2.30. The van der Waals surface area contributed by atoms with Gasteiger partial charge in [0.05, 0.1) is 0 Å². The summed E-state index contributed by atoms with van der Waals surface area (Å²) in [5.41, 5.74) is 0.341. The van der Waals surface area contributed by atoms with Gasteiger partial charge in [0.15, 0.2) is 0 Å². The molecule has 4 heteroatoms. The molecule has 1 aliphatic carbocycles. The highest BCUT2D eigenvalue weighted by Crippen LogP contribution is 2.37. The van der Waals surface area contributed by atoms with Crippen LogP contribution in [0.1, 0.15) is 59.8 Å². The Balaban J connectivity index is 2.33. The van der Waals surface area contributed by atoms with Gasteiger partial charge in [0, 0.05) is 12.6 Å². The first kappa shape index (κ1) is 16.0. The van der Waals surface area contributed by atoms with E-state index in [4.69, 9.17) is 0 Å². The van der Waals surface area contributed by atoms with Gasteiger partial charge in [0.2, 0.25) is 0 Å². The van der Waals surface area contributed by atoms with E-state index in [0.29, 0.717) is 12.0 Å². The Morgan fingerprint density at radius 1 is 1.05 bits per heavy atom. The fourth-order valence-corrected chi connectivity index (χ4v) is 2.67. The number of carbonyl (C=O) groups is 2. The first-order valence-electron chi connectivity index (χ1n) is 7.43. The molecule has 19 heavy (non-hydrogen) atoms. The summed E-state index contributed by atoms with van der Waals surface area (Å²) in [5, 5.41) is 5.45. The van der Waals surface area contributed by atoms with E-state index in [1.165, 1.54) is 0 Å². The summed E-state index contributed by atoms with van der Waals surface area (Å²) in [7, 11) is 0. The normalized spacial score (nSPS) is 23.8. The molecule has 0 aromatic rings. The third-order valence-corrected chi connectivity index (χ3v) is 4.03. The van der Waals surface area contributed by atoms with Crippen molar-refractivity contribution in [3.63, 3.8) is 0 Å². The van der Waals surface area contributed by atoms with Gasteiger partial charge in [-0.25, -0.2) is 0 Å². The van der Waals surface area contributed by atoms with Crippen molar-refractivity contribution < 1.29 is 9.59 Å². The van der Waals surface area contributed by atoms with Crippen LogP contribution >= 0.6 is 0 Å². The van der Waals surface area contributed by atoms with E-state index >= 15 is 0 Å². The quantitative estimate of drug-likeness (QED) is 0.771. The van der Waals surface area contributed by atoms with Crippen molar-refractivity contribution in [2.75, 3.05) is 6.54 Å². The van der Waals surface area contributed by atoms with E-state index in [-0.39, 0.29) is 6.04 Å². The van der Waals surface area contributed by atoms with Crippen molar-refractivity contribution in [1.82, 2.24) is 10.6 Å². The SMILES string of the molecule is CCCNC(=O)C(=O)NC1CCC(C(C)(C)C)CC1. The molecule has 0 aromatic carbocycles. The molecular weight excluding hydrogens is 240 g/mol. The van der Waals surface area contributed by atoms with Crippen LogP contribution in [0.5, 0.6) is 0 Å². The largest absolute Gasteiger partial charge is 0.348 e. The Kier molecular flexibility index (Phi) is 5.83. The van der Waals surface area contributed by atoms with E-state index in [1.807, 2.05) is 6.92 Å². The van der Waals surface area contributed by atoms with Crippen LogP contribution in [-0.4, -0.2) is 24.4 Å². The summed E-state index contributed by atoms with van der Waals surface area (Å²) in [6.45, 7) is 9.34. The smallest absolute Gasteiger partial charge is 0.309 e. The van der Waals surface area contributed by atoms with Crippen LogP contribution in [-0.2, 0) is 9.59 Å². The minimum Gasteiger partial charge on any atom is -0.348 e. The third-order valence-electron chi connectivity index (χ3n) is 4.03. The van der Waals surface area contributed by atoms with Gasteiger partial charge in [-0.2, -0.15) is 0 Å². The highest BCUT2D eigenvalue weighted by molar-refractivity contribution is 6.35. The van der Waals surface area contributed by atoms with Crippen LogP contribution < -0.4 is 10.6 Å². The Morgan fingerprint density at radius 2 is 1.63 bits per heavy atom. The molecule has 1 fully saturated rings. The Bertz CT molecular complexity index is 313. The molecule has 0 unspecified atom stereocenters. The molecule has 0 atom stereocenters. The van der Waals surface area contributed by atoms with Gasteiger partial charge in [-0.05, 0) is 43.4 Å². The summed E-state index contributed by atoms with van der Waals surface area (Å²) in [5.74, 6) is -0.262. The minimum atomic E-state index is -0.500. The Morgan fingerprint density at radius 3 is 2.11 bits per heavy atom. The molecule has 1 aliphatic rings. The van der Waals surface area contributed by atoms with Crippen molar-refractivity contribution in [1.29, 1.82) is 0 Å². The van der Waals surface area contributed by atoms with Gasteiger partial charge in [0.1, 0.15) is 0 Å². The van der Waals surface area contributed by atoms with Gasteiger partial charge in [-0.1, -0.05) is 27.7 Å².